The second-order valence-electron chi connectivity index (χ2n) is 5.54. The van der Waals surface area contributed by atoms with Crippen molar-refractivity contribution in [2.75, 3.05) is 6.61 Å². The smallest absolute Gasteiger partial charge is 0.316 e. The summed E-state index contributed by atoms with van der Waals surface area (Å²) in [5, 5.41) is 11.9. The molecule has 0 saturated carbocycles. The van der Waals surface area contributed by atoms with Gasteiger partial charge in [-0.3, -0.25) is 4.79 Å². The van der Waals surface area contributed by atoms with Crippen molar-refractivity contribution in [2.45, 2.75) is 31.3 Å². The Hall–Kier alpha value is -1.87. The molecule has 2 atom stereocenters. The lowest BCUT2D eigenvalue weighted by molar-refractivity contribution is -0.148. The number of ether oxygens (including phenoxy) is 1. The zero-order valence-electron chi connectivity index (χ0n) is 11.5. The van der Waals surface area contributed by atoms with Gasteiger partial charge in [0.25, 0.3) is 0 Å². The van der Waals surface area contributed by atoms with E-state index in [1.807, 2.05) is 42.5 Å². The minimum atomic E-state index is -1.00. The van der Waals surface area contributed by atoms with Gasteiger partial charge in [0.2, 0.25) is 0 Å². The summed E-state index contributed by atoms with van der Waals surface area (Å²) in [5.41, 5.74) is -0.160. The maximum Gasteiger partial charge on any atom is 0.316 e. The third-order valence-electron chi connectivity index (χ3n) is 4.37. The van der Waals surface area contributed by atoms with Gasteiger partial charge in [-0.1, -0.05) is 42.5 Å². The molecule has 0 bridgehead atoms. The molecule has 1 aliphatic heterocycles. The zero-order chi connectivity index (χ0) is 14.2. The summed E-state index contributed by atoms with van der Waals surface area (Å²) in [4.78, 5) is 12.0. The van der Waals surface area contributed by atoms with Crippen molar-refractivity contribution >= 4 is 16.7 Å². The van der Waals surface area contributed by atoms with Gasteiger partial charge >= 0.3 is 5.97 Å². The van der Waals surface area contributed by atoms with E-state index in [0.717, 1.165) is 29.2 Å². The maximum absolute atomic E-state index is 12.0. The Morgan fingerprint density at radius 2 is 2.00 bits per heavy atom. The van der Waals surface area contributed by atoms with Crippen molar-refractivity contribution in [3.63, 3.8) is 0 Å². The number of aliphatic carboxylic acids is 1. The number of carboxylic acid groups (broad SMARTS) is 1. The Morgan fingerprint density at radius 3 is 2.70 bits per heavy atom. The van der Waals surface area contributed by atoms with E-state index in [4.69, 9.17) is 4.74 Å². The molecule has 0 spiro atoms. The predicted octanol–water partition coefficient (Wildman–Crippen LogP) is 3.36. The summed E-state index contributed by atoms with van der Waals surface area (Å²) in [6, 6.07) is 13.8. The van der Waals surface area contributed by atoms with Gasteiger partial charge in [-0.15, -0.1) is 0 Å². The van der Waals surface area contributed by atoms with Crippen LogP contribution in [0.4, 0.5) is 0 Å². The van der Waals surface area contributed by atoms with Crippen LogP contribution in [0.2, 0.25) is 0 Å². The van der Waals surface area contributed by atoms with Crippen molar-refractivity contribution in [3.8, 4) is 0 Å². The fourth-order valence-corrected chi connectivity index (χ4v) is 3.14. The number of rotatable bonds is 3. The molecule has 2 aromatic carbocycles. The van der Waals surface area contributed by atoms with Crippen molar-refractivity contribution in [3.05, 3.63) is 48.0 Å². The van der Waals surface area contributed by atoms with Crippen LogP contribution in [0.1, 0.15) is 25.3 Å². The SMILES string of the molecule is CC(C(=O)O)(c1cccc2ccccc12)C1CCCO1. The third kappa shape index (κ3) is 1.90. The normalized spacial score (nSPS) is 21.8. The number of fused-ring (bicyclic) bond motifs is 1. The number of carboxylic acids is 1. The second kappa shape index (κ2) is 4.91. The molecule has 2 unspecified atom stereocenters. The van der Waals surface area contributed by atoms with Gasteiger partial charge in [-0.05, 0) is 36.1 Å². The standard InChI is InChI=1S/C17H18O3/c1-17(16(18)19,15-10-5-11-20-15)14-9-4-7-12-6-2-3-8-13(12)14/h2-4,6-9,15H,5,10-11H2,1H3,(H,18,19). The molecule has 3 rings (SSSR count). The molecule has 2 aromatic rings. The lowest BCUT2D eigenvalue weighted by Crippen LogP contribution is -2.44. The van der Waals surface area contributed by atoms with Crippen LogP contribution in [-0.2, 0) is 14.9 Å². The van der Waals surface area contributed by atoms with Gasteiger partial charge in [-0.2, -0.15) is 0 Å². The van der Waals surface area contributed by atoms with Crippen LogP contribution in [0.3, 0.4) is 0 Å². The van der Waals surface area contributed by atoms with Crippen molar-refractivity contribution in [1.29, 1.82) is 0 Å². The molecule has 1 fully saturated rings. The molecule has 104 valence electrons. The summed E-state index contributed by atoms with van der Waals surface area (Å²) in [6.07, 6.45) is 1.47. The molecule has 20 heavy (non-hydrogen) atoms. The van der Waals surface area contributed by atoms with Crippen LogP contribution in [0.5, 0.6) is 0 Å². The Labute approximate surface area is 118 Å². The first-order chi connectivity index (χ1) is 9.64. The molecule has 1 saturated heterocycles. The average molecular weight is 270 g/mol. The van der Waals surface area contributed by atoms with Crippen LogP contribution in [0, 0.1) is 0 Å². The minimum Gasteiger partial charge on any atom is -0.481 e. The Morgan fingerprint density at radius 1 is 1.25 bits per heavy atom. The molecule has 0 aliphatic carbocycles. The van der Waals surface area contributed by atoms with E-state index in [-0.39, 0.29) is 6.10 Å². The predicted molar refractivity (Wildman–Crippen MR) is 77.9 cm³/mol. The van der Waals surface area contributed by atoms with Crippen LogP contribution in [0.25, 0.3) is 10.8 Å². The van der Waals surface area contributed by atoms with E-state index in [1.165, 1.54) is 0 Å². The van der Waals surface area contributed by atoms with E-state index < -0.39 is 11.4 Å². The summed E-state index contributed by atoms with van der Waals surface area (Å²) in [5.74, 6) is -0.819. The van der Waals surface area contributed by atoms with Crippen LogP contribution >= 0.6 is 0 Å². The molecule has 1 N–H and O–H groups in total. The maximum atomic E-state index is 12.0. The van der Waals surface area contributed by atoms with E-state index in [2.05, 4.69) is 0 Å². The molecule has 0 radical (unpaired) electrons. The van der Waals surface area contributed by atoms with Crippen LogP contribution in [-0.4, -0.2) is 23.8 Å². The number of benzene rings is 2. The molecule has 3 heteroatoms. The van der Waals surface area contributed by atoms with Crippen LogP contribution in [0.15, 0.2) is 42.5 Å². The number of hydrogen-bond acceptors (Lipinski definition) is 2. The summed E-state index contributed by atoms with van der Waals surface area (Å²) in [7, 11) is 0. The highest BCUT2D eigenvalue weighted by molar-refractivity contribution is 5.93. The quantitative estimate of drug-likeness (QED) is 0.930. The van der Waals surface area contributed by atoms with Gasteiger partial charge in [0.05, 0.1) is 6.10 Å². The summed E-state index contributed by atoms with van der Waals surface area (Å²) >= 11 is 0. The Bertz CT molecular complexity index is 638. The molecule has 0 aromatic heterocycles. The summed E-state index contributed by atoms with van der Waals surface area (Å²) < 4.78 is 5.70. The largest absolute Gasteiger partial charge is 0.481 e. The molecular weight excluding hydrogens is 252 g/mol. The Kier molecular flexibility index (Phi) is 3.22. The molecule has 1 aliphatic rings. The van der Waals surface area contributed by atoms with Gasteiger partial charge in [0.1, 0.15) is 5.41 Å². The first-order valence-corrected chi connectivity index (χ1v) is 6.97. The van der Waals surface area contributed by atoms with E-state index in [9.17, 15) is 9.90 Å². The molecule has 3 nitrogen and oxygen atoms in total. The lowest BCUT2D eigenvalue weighted by atomic mass is 9.74. The lowest BCUT2D eigenvalue weighted by Gasteiger charge is -2.32. The molecule has 0 amide bonds. The fourth-order valence-electron chi connectivity index (χ4n) is 3.14. The highest BCUT2D eigenvalue weighted by Gasteiger charge is 2.46. The second-order valence-corrected chi connectivity index (χ2v) is 5.54. The van der Waals surface area contributed by atoms with E-state index in [1.54, 1.807) is 6.92 Å². The molecular formula is C17H18O3. The van der Waals surface area contributed by atoms with E-state index >= 15 is 0 Å². The minimum absolute atomic E-state index is 0.259. The van der Waals surface area contributed by atoms with Gasteiger partial charge in [-0.25, -0.2) is 0 Å². The topological polar surface area (TPSA) is 46.5 Å². The fraction of sp³-hybridized carbons (Fsp3) is 0.353. The third-order valence-corrected chi connectivity index (χ3v) is 4.37. The van der Waals surface area contributed by atoms with Crippen molar-refractivity contribution in [1.82, 2.24) is 0 Å². The van der Waals surface area contributed by atoms with Gasteiger partial charge in [0, 0.05) is 6.61 Å². The van der Waals surface area contributed by atoms with Gasteiger partial charge in [0.15, 0.2) is 0 Å². The van der Waals surface area contributed by atoms with Gasteiger partial charge < -0.3 is 9.84 Å². The van der Waals surface area contributed by atoms with Crippen LogP contribution < -0.4 is 0 Å². The molecule has 1 heterocycles. The van der Waals surface area contributed by atoms with Crippen molar-refractivity contribution < 1.29 is 14.6 Å². The van der Waals surface area contributed by atoms with Crippen molar-refractivity contribution in [2.24, 2.45) is 0 Å². The zero-order valence-corrected chi connectivity index (χ0v) is 11.5. The first kappa shape index (κ1) is 13.1. The van der Waals surface area contributed by atoms with E-state index in [0.29, 0.717) is 6.61 Å². The first-order valence-electron chi connectivity index (χ1n) is 6.97. The Balaban J connectivity index is 2.22. The summed E-state index contributed by atoms with van der Waals surface area (Å²) in [6.45, 7) is 2.44. The highest BCUT2D eigenvalue weighted by atomic mass is 16.5. The number of carbonyl (C=O) groups is 1. The average Bonchev–Trinajstić information content (AvgIpc) is 3.00. The highest BCUT2D eigenvalue weighted by Crippen LogP contribution is 2.38. The monoisotopic (exact) mass is 270 g/mol. The number of hydrogen-bond donors (Lipinski definition) is 1.